The molecule has 0 unspecified atom stereocenters. The van der Waals surface area contributed by atoms with Gasteiger partial charge in [-0.15, -0.1) is 0 Å². The predicted octanol–water partition coefficient (Wildman–Crippen LogP) is 1.30. The van der Waals surface area contributed by atoms with E-state index in [9.17, 15) is 9.59 Å². The van der Waals surface area contributed by atoms with Gasteiger partial charge in [0.2, 0.25) is 5.91 Å². The summed E-state index contributed by atoms with van der Waals surface area (Å²) in [6.45, 7) is 9.98. The number of carbonyl (C=O) groups excluding carboxylic acids is 2. The highest BCUT2D eigenvalue weighted by Gasteiger charge is 2.30. The van der Waals surface area contributed by atoms with Crippen molar-refractivity contribution < 1.29 is 14.3 Å². The van der Waals surface area contributed by atoms with Crippen LogP contribution in [0.5, 0.6) is 0 Å². The van der Waals surface area contributed by atoms with Gasteiger partial charge in [-0.2, -0.15) is 0 Å². The molecule has 5 nitrogen and oxygen atoms in total. The molecule has 1 rings (SSSR count). The number of likely N-dealkylation sites (tertiary alicyclic amines) is 1. The fourth-order valence-electron chi connectivity index (χ4n) is 1.63. The van der Waals surface area contributed by atoms with Gasteiger partial charge in [0.1, 0.15) is 5.60 Å². The van der Waals surface area contributed by atoms with Crippen molar-refractivity contribution in [2.75, 3.05) is 13.1 Å². The van der Waals surface area contributed by atoms with Crippen LogP contribution in [-0.2, 0) is 9.53 Å². The van der Waals surface area contributed by atoms with Crippen LogP contribution in [-0.4, -0.2) is 41.6 Å². The number of hydrogen-bond acceptors (Lipinski definition) is 3. The fourth-order valence-corrected chi connectivity index (χ4v) is 1.63. The van der Waals surface area contributed by atoms with E-state index in [2.05, 4.69) is 11.9 Å². The van der Waals surface area contributed by atoms with Gasteiger partial charge >= 0.3 is 6.09 Å². The average Bonchev–Trinajstić information content (AvgIpc) is 2.63. The SMILES string of the molecule is C=CC(=O)N[C@@H]1CCN(C(=O)OC(C)(C)C)C1. The lowest BCUT2D eigenvalue weighted by Gasteiger charge is -2.24. The first-order valence-corrected chi connectivity index (χ1v) is 5.72. The molecule has 0 spiro atoms. The number of ether oxygens (including phenoxy) is 1. The third-order valence-corrected chi connectivity index (χ3v) is 2.37. The Hall–Kier alpha value is -1.52. The second-order valence-electron chi connectivity index (χ2n) is 5.12. The predicted molar refractivity (Wildman–Crippen MR) is 64.6 cm³/mol. The van der Waals surface area contributed by atoms with E-state index in [4.69, 9.17) is 4.74 Å². The Morgan fingerprint density at radius 2 is 2.12 bits per heavy atom. The summed E-state index contributed by atoms with van der Waals surface area (Å²) in [4.78, 5) is 24.5. The Kier molecular flexibility index (Phi) is 4.15. The topological polar surface area (TPSA) is 58.6 Å². The van der Waals surface area contributed by atoms with Crippen molar-refractivity contribution in [1.29, 1.82) is 0 Å². The Morgan fingerprint density at radius 1 is 1.47 bits per heavy atom. The number of carbonyl (C=O) groups is 2. The van der Waals surface area contributed by atoms with Crippen molar-refractivity contribution in [3.8, 4) is 0 Å². The first-order chi connectivity index (χ1) is 7.81. The zero-order valence-corrected chi connectivity index (χ0v) is 10.7. The molecule has 0 bridgehead atoms. The smallest absolute Gasteiger partial charge is 0.410 e. The Morgan fingerprint density at radius 3 is 2.65 bits per heavy atom. The van der Waals surface area contributed by atoms with E-state index in [0.29, 0.717) is 13.1 Å². The Labute approximate surface area is 102 Å². The van der Waals surface area contributed by atoms with Gasteiger partial charge in [0.15, 0.2) is 0 Å². The van der Waals surface area contributed by atoms with Gasteiger partial charge in [-0.05, 0) is 33.3 Å². The monoisotopic (exact) mass is 240 g/mol. The summed E-state index contributed by atoms with van der Waals surface area (Å²) >= 11 is 0. The lowest BCUT2D eigenvalue weighted by Crippen LogP contribution is -2.39. The molecule has 0 saturated carbocycles. The minimum absolute atomic E-state index is 0.00646. The van der Waals surface area contributed by atoms with E-state index in [1.54, 1.807) is 4.90 Å². The lowest BCUT2D eigenvalue weighted by atomic mass is 10.2. The van der Waals surface area contributed by atoms with Crippen molar-refractivity contribution in [1.82, 2.24) is 10.2 Å². The highest BCUT2D eigenvalue weighted by atomic mass is 16.6. The Balaban J connectivity index is 2.42. The van der Waals surface area contributed by atoms with E-state index in [-0.39, 0.29) is 18.0 Å². The molecule has 0 aromatic carbocycles. The first-order valence-electron chi connectivity index (χ1n) is 5.72. The first kappa shape index (κ1) is 13.5. The van der Waals surface area contributed by atoms with Gasteiger partial charge in [0.05, 0.1) is 0 Å². The largest absolute Gasteiger partial charge is 0.444 e. The van der Waals surface area contributed by atoms with Crippen LogP contribution in [0.25, 0.3) is 0 Å². The summed E-state index contributed by atoms with van der Waals surface area (Å²) in [7, 11) is 0. The third kappa shape index (κ3) is 4.46. The molecule has 0 radical (unpaired) electrons. The summed E-state index contributed by atoms with van der Waals surface area (Å²) in [5, 5.41) is 2.77. The summed E-state index contributed by atoms with van der Waals surface area (Å²) < 4.78 is 5.26. The minimum Gasteiger partial charge on any atom is -0.444 e. The lowest BCUT2D eigenvalue weighted by molar-refractivity contribution is -0.117. The van der Waals surface area contributed by atoms with E-state index in [1.807, 2.05) is 20.8 Å². The zero-order chi connectivity index (χ0) is 13.1. The molecule has 2 amide bonds. The van der Waals surface area contributed by atoms with Gasteiger partial charge in [-0.3, -0.25) is 4.79 Å². The summed E-state index contributed by atoms with van der Waals surface area (Å²) in [6.07, 6.45) is 1.66. The van der Waals surface area contributed by atoms with Crippen LogP contribution in [0.15, 0.2) is 12.7 Å². The second kappa shape index (κ2) is 5.21. The molecular formula is C12H20N2O3. The molecule has 0 aromatic heterocycles. The second-order valence-corrected chi connectivity index (χ2v) is 5.12. The Bertz CT molecular complexity index is 320. The molecule has 1 saturated heterocycles. The molecule has 1 aliphatic rings. The van der Waals surface area contributed by atoms with Gasteiger partial charge in [0, 0.05) is 19.1 Å². The maximum Gasteiger partial charge on any atom is 0.410 e. The van der Waals surface area contributed by atoms with Crippen molar-refractivity contribution in [3.05, 3.63) is 12.7 Å². The normalized spacial score (nSPS) is 19.9. The summed E-state index contributed by atoms with van der Waals surface area (Å²) in [5.74, 6) is -0.207. The standard InChI is InChI=1S/C12H20N2O3/c1-5-10(15)13-9-6-7-14(8-9)11(16)17-12(2,3)4/h5,9H,1,6-8H2,2-4H3,(H,13,15)/t9-/m1/s1. The quantitative estimate of drug-likeness (QED) is 0.740. The van der Waals surface area contributed by atoms with E-state index in [1.165, 1.54) is 6.08 Å². The molecule has 17 heavy (non-hydrogen) atoms. The van der Waals surface area contributed by atoms with Crippen LogP contribution in [0, 0.1) is 0 Å². The van der Waals surface area contributed by atoms with Crippen LogP contribution in [0.1, 0.15) is 27.2 Å². The molecule has 0 aromatic rings. The van der Waals surface area contributed by atoms with Crippen molar-refractivity contribution in [2.24, 2.45) is 0 Å². The summed E-state index contributed by atoms with van der Waals surface area (Å²) in [6, 6.07) is -0.00646. The van der Waals surface area contributed by atoms with Crippen LogP contribution >= 0.6 is 0 Å². The van der Waals surface area contributed by atoms with Crippen LogP contribution in [0.3, 0.4) is 0 Å². The summed E-state index contributed by atoms with van der Waals surface area (Å²) in [5.41, 5.74) is -0.487. The number of nitrogens with one attached hydrogen (secondary N) is 1. The highest BCUT2D eigenvalue weighted by molar-refractivity contribution is 5.87. The van der Waals surface area contributed by atoms with Crippen molar-refractivity contribution in [3.63, 3.8) is 0 Å². The van der Waals surface area contributed by atoms with E-state index < -0.39 is 5.60 Å². The maximum absolute atomic E-state index is 11.7. The molecule has 1 heterocycles. The van der Waals surface area contributed by atoms with Crippen LogP contribution in [0.2, 0.25) is 0 Å². The average molecular weight is 240 g/mol. The third-order valence-electron chi connectivity index (χ3n) is 2.37. The van der Waals surface area contributed by atoms with E-state index >= 15 is 0 Å². The molecule has 5 heteroatoms. The number of amides is 2. The molecule has 1 aliphatic heterocycles. The van der Waals surface area contributed by atoms with E-state index in [0.717, 1.165) is 6.42 Å². The zero-order valence-electron chi connectivity index (χ0n) is 10.7. The van der Waals surface area contributed by atoms with Gasteiger partial charge in [-0.1, -0.05) is 6.58 Å². The molecule has 1 fully saturated rings. The molecule has 1 atom stereocenters. The van der Waals surface area contributed by atoms with Crippen LogP contribution < -0.4 is 5.32 Å². The van der Waals surface area contributed by atoms with Gasteiger partial charge in [0.25, 0.3) is 0 Å². The van der Waals surface area contributed by atoms with Crippen molar-refractivity contribution >= 4 is 12.0 Å². The van der Waals surface area contributed by atoms with Crippen molar-refractivity contribution in [2.45, 2.75) is 38.8 Å². The molecule has 0 aliphatic carbocycles. The van der Waals surface area contributed by atoms with Gasteiger partial charge < -0.3 is 15.0 Å². The highest BCUT2D eigenvalue weighted by Crippen LogP contribution is 2.15. The molecule has 1 N–H and O–H groups in total. The maximum atomic E-state index is 11.7. The fraction of sp³-hybridized carbons (Fsp3) is 0.667. The number of hydrogen-bond donors (Lipinski definition) is 1. The number of nitrogens with zero attached hydrogens (tertiary/aromatic N) is 1. The number of rotatable bonds is 2. The molecule has 96 valence electrons. The molecular weight excluding hydrogens is 220 g/mol. The minimum atomic E-state index is -0.487. The van der Waals surface area contributed by atoms with Crippen LogP contribution in [0.4, 0.5) is 4.79 Å². The van der Waals surface area contributed by atoms with Gasteiger partial charge in [-0.25, -0.2) is 4.79 Å².